The summed E-state index contributed by atoms with van der Waals surface area (Å²) in [6.45, 7) is 7.35. The molecule has 0 aliphatic heterocycles. The minimum Gasteiger partial charge on any atom is -0.457 e. The third kappa shape index (κ3) is 2.94. The Bertz CT molecular complexity index is 1530. The number of hydrogen-bond acceptors (Lipinski definition) is 4. The summed E-state index contributed by atoms with van der Waals surface area (Å²) in [5.74, 6) is -4.28. The van der Waals surface area contributed by atoms with Gasteiger partial charge in [0.2, 0.25) is 0 Å². The normalized spacial score (nSPS) is 13.2. The van der Waals surface area contributed by atoms with E-state index in [2.05, 4.69) is 14.8 Å². The number of nitriles is 1. The van der Waals surface area contributed by atoms with E-state index in [9.17, 15) is 18.4 Å². The number of halogens is 3. The van der Waals surface area contributed by atoms with Crippen LogP contribution in [-0.4, -0.2) is 9.97 Å². The van der Waals surface area contributed by atoms with Gasteiger partial charge in [0.05, 0.1) is 35.1 Å². The molecule has 1 aromatic heterocycles. The molecule has 0 saturated heterocycles. The molecule has 0 fully saturated rings. The zero-order valence-electron chi connectivity index (χ0n) is 16.0. The van der Waals surface area contributed by atoms with Crippen LogP contribution in [0.15, 0.2) is 60.3 Å². The van der Waals surface area contributed by atoms with Crippen LogP contribution in [0.5, 0.6) is 11.5 Å². The van der Waals surface area contributed by atoms with Crippen molar-refractivity contribution in [2.45, 2.75) is 0 Å². The van der Waals surface area contributed by atoms with Gasteiger partial charge in [-0.2, -0.15) is 0 Å². The van der Waals surface area contributed by atoms with Crippen LogP contribution < -0.4 is 4.74 Å². The Morgan fingerprint density at radius 1 is 0.875 bits per heavy atom. The van der Waals surface area contributed by atoms with Crippen LogP contribution in [0.3, 0.4) is 0 Å². The van der Waals surface area contributed by atoms with Gasteiger partial charge in [-0.25, -0.2) is 33.2 Å². The summed E-state index contributed by atoms with van der Waals surface area (Å²) < 4.78 is 45.6. The summed E-state index contributed by atoms with van der Waals surface area (Å²) in [6.07, 6.45) is 0. The molecule has 32 heavy (non-hydrogen) atoms. The van der Waals surface area contributed by atoms with Crippen molar-refractivity contribution in [1.29, 1.82) is 5.26 Å². The molecule has 1 heterocycles. The number of hydrogen-bond donors (Lipinski definition) is 0. The van der Waals surface area contributed by atoms with E-state index >= 15 is 0 Å². The first-order valence-corrected chi connectivity index (χ1v) is 9.26. The van der Waals surface area contributed by atoms with Crippen molar-refractivity contribution in [2.24, 2.45) is 0 Å². The van der Waals surface area contributed by atoms with E-state index in [1.165, 1.54) is 12.1 Å². The molecule has 0 saturated carbocycles. The second kappa shape index (κ2) is 7.22. The zero-order chi connectivity index (χ0) is 22.4. The zero-order valence-corrected chi connectivity index (χ0v) is 16.0. The van der Waals surface area contributed by atoms with Gasteiger partial charge in [0.1, 0.15) is 11.5 Å². The van der Waals surface area contributed by atoms with Crippen molar-refractivity contribution < 1.29 is 17.9 Å². The Balaban J connectivity index is 1.65. The molecule has 5 rings (SSSR count). The van der Waals surface area contributed by atoms with Crippen LogP contribution in [0.25, 0.3) is 32.7 Å². The predicted octanol–water partition coefficient (Wildman–Crippen LogP) is 6.02. The molecular formula is C24H9F3N4O. The lowest BCUT2D eigenvalue weighted by Crippen LogP contribution is -1.95. The molecule has 8 heteroatoms. The van der Waals surface area contributed by atoms with Crippen molar-refractivity contribution in [3.63, 3.8) is 0 Å². The minimum absolute atomic E-state index is 0.0785. The highest BCUT2D eigenvalue weighted by Crippen LogP contribution is 2.44. The fourth-order valence-corrected chi connectivity index (χ4v) is 3.60. The third-order valence-corrected chi connectivity index (χ3v) is 4.97. The largest absolute Gasteiger partial charge is 0.457 e. The standard InChI is InChI=1S/C24H9F3N4O/c1-29-20(11-28)21-14-4-2-3-5-15(14)23-24(21)30-18-7-6-12(10-19(18)31-23)32-13-8-16(25)22(27)17(26)9-13/h2-10H/b21-20+. The summed E-state index contributed by atoms with van der Waals surface area (Å²) in [5.41, 5.74) is 3.63. The SMILES string of the molecule is [C-]#[N+]/C(C#N)=C1\c2ccccc2-c2nc3cc(Oc4cc(F)c(F)c(F)c4)ccc3nc21. The van der Waals surface area contributed by atoms with E-state index in [0.717, 1.165) is 17.7 Å². The van der Waals surface area contributed by atoms with E-state index < -0.39 is 17.5 Å². The predicted molar refractivity (Wildman–Crippen MR) is 110 cm³/mol. The molecule has 152 valence electrons. The first-order valence-electron chi connectivity index (χ1n) is 9.26. The summed E-state index contributed by atoms with van der Waals surface area (Å²) in [4.78, 5) is 12.6. The summed E-state index contributed by atoms with van der Waals surface area (Å²) in [7, 11) is 0. The van der Waals surface area contributed by atoms with Crippen LogP contribution in [0.4, 0.5) is 13.2 Å². The monoisotopic (exact) mass is 426 g/mol. The second-order valence-electron chi connectivity index (χ2n) is 6.87. The molecule has 0 unspecified atom stereocenters. The molecule has 0 spiro atoms. The second-order valence-corrected chi connectivity index (χ2v) is 6.87. The highest BCUT2D eigenvalue weighted by molar-refractivity contribution is 6.02. The number of nitrogens with zero attached hydrogens (tertiary/aromatic N) is 4. The van der Waals surface area contributed by atoms with Crippen molar-refractivity contribution in [3.05, 3.63) is 100 Å². The average Bonchev–Trinajstić information content (AvgIpc) is 3.10. The van der Waals surface area contributed by atoms with Crippen LogP contribution >= 0.6 is 0 Å². The molecule has 1 aliphatic carbocycles. The van der Waals surface area contributed by atoms with Gasteiger partial charge in [0.15, 0.2) is 17.5 Å². The number of allylic oxidation sites excluding steroid dienone is 1. The molecule has 0 atom stereocenters. The molecule has 3 aromatic carbocycles. The quantitative estimate of drug-likeness (QED) is 0.197. The summed E-state index contributed by atoms with van der Waals surface area (Å²) >= 11 is 0. The molecular weight excluding hydrogens is 417 g/mol. The average molecular weight is 426 g/mol. The van der Waals surface area contributed by atoms with Crippen molar-refractivity contribution in [3.8, 4) is 28.8 Å². The van der Waals surface area contributed by atoms with Crippen molar-refractivity contribution in [1.82, 2.24) is 9.97 Å². The Hall–Kier alpha value is -4.69. The molecule has 4 aromatic rings. The van der Waals surface area contributed by atoms with Crippen LogP contribution in [-0.2, 0) is 0 Å². The molecule has 0 radical (unpaired) electrons. The van der Waals surface area contributed by atoms with E-state index in [1.54, 1.807) is 18.2 Å². The molecule has 5 nitrogen and oxygen atoms in total. The minimum atomic E-state index is -1.57. The smallest absolute Gasteiger partial charge is 0.271 e. The van der Waals surface area contributed by atoms with E-state index in [1.807, 2.05) is 18.2 Å². The Kier molecular flexibility index (Phi) is 4.35. The Labute approximate surface area is 179 Å². The van der Waals surface area contributed by atoms with Gasteiger partial charge in [0.25, 0.3) is 5.70 Å². The molecule has 1 aliphatic rings. The summed E-state index contributed by atoms with van der Waals surface area (Å²) in [5, 5.41) is 9.42. The van der Waals surface area contributed by atoms with Crippen molar-refractivity contribution in [2.75, 3.05) is 0 Å². The third-order valence-electron chi connectivity index (χ3n) is 4.97. The first kappa shape index (κ1) is 19.3. The molecule has 0 N–H and O–H groups in total. The van der Waals surface area contributed by atoms with Crippen LogP contribution in [0, 0.1) is 35.4 Å². The maximum atomic E-state index is 13.5. The maximum Gasteiger partial charge on any atom is 0.271 e. The first-order chi connectivity index (χ1) is 15.5. The van der Waals surface area contributed by atoms with Gasteiger partial charge in [-0.3, -0.25) is 0 Å². The lowest BCUT2D eigenvalue weighted by Gasteiger charge is -2.09. The number of rotatable bonds is 2. The topological polar surface area (TPSA) is 63.2 Å². The van der Waals surface area contributed by atoms with E-state index in [-0.39, 0.29) is 17.2 Å². The maximum absolute atomic E-state index is 13.5. The summed E-state index contributed by atoms with van der Waals surface area (Å²) in [6, 6.07) is 15.3. The van der Waals surface area contributed by atoms with Gasteiger partial charge >= 0.3 is 0 Å². The molecule has 0 amide bonds. The number of ether oxygens (including phenoxy) is 1. The highest BCUT2D eigenvalue weighted by Gasteiger charge is 2.29. The van der Waals surface area contributed by atoms with Crippen molar-refractivity contribution >= 4 is 16.6 Å². The van der Waals surface area contributed by atoms with Crippen LogP contribution in [0.1, 0.15) is 11.3 Å². The lowest BCUT2D eigenvalue weighted by molar-refractivity contribution is 0.424. The van der Waals surface area contributed by atoms with E-state index in [0.29, 0.717) is 33.6 Å². The fraction of sp³-hybridized carbons (Fsp3) is 0. The lowest BCUT2D eigenvalue weighted by atomic mass is 10.0. The van der Waals surface area contributed by atoms with Gasteiger partial charge < -0.3 is 4.74 Å². The number of fused-ring (bicyclic) bond motifs is 4. The Morgan fingerprint density at radius 2 is 1.56 bits per heavy atom. The molecule has 0 bridgehead atoms. The highest BCUT2D eigenvalue weighted by atomic mass is 19.2. The fourth-order valence-electron chi connectivity index (χ4n) is 3.60. The van der Waals surface area contributed by atoms with Gasteiger partial charge in [-0.1, -0.05) is 24.3 Å². The Morgan fingerprint density at radius 3 is 2.25 bits per heavy atom. The van der Waals surface area contributed by atoms with Gasteiger partial charge in [0, 0.05) is 29.3 Å². The number of benzene rings is 3. The van der Waals surface area contributed by atoms with Crippen LogP contribution in [0.2, 0.25) is 0 Å². The number of aromatic nitrogens is 2. The van der Waals surface area contributed by atoms with Gasteiger partial charge in [-0.05, 0) is 17.7 Å². The van der Waals surface area contributed by atoms with Gasteiger partial charge in [-0.15, -0.1) is 0 Å². The van der Waals surface area contributed by atoms with E-state index in [4.69, 9.17) is 11.3 Å².